The Labute approximate surface area is 129 Å². The Morgan fingerprint density at radius 2 is 2.00 bits per heavy atom. The molecule has 0 amide bonds. The Hall–Kier alpha value is -1.03. The molecule has 0 bridgehead atoms. The number of nitrogens with two attached hydrogens (primary N) is 1. The maximum Gasteiger partial charge on any atom is 0.101 e. The molecule has 4 N–H and O–H groups in total. The van der Waals surface area contributed by atoms with E-state index in [1.165, 1.54) is 12.1 Å². The summed E-state index contributed by atoms with van der Waals surface area (Å²) >= 11 is 5.90. The van der Waals surface area contributed by atoms with Crippen LogP contribution in [0.5, 0.6) is 0 Å². The summed E-state index contributed by atoms with van der Waals surface area (Å²) in [5.41, 5.74) is 5.99. The highest BCUT2D eigenvalue weighted by molar-refractivity contribution is 6.33. The van der Waals surface area contributed by atoms with Gasteiger partial charge < -0.3 is 16.0 Å². The molecule has 7 heteroatoms. The minimum atomic E-state index is -0.963. The Balaban J connectivity index is 0.00000361. The van der Waals surface area contributed by atoms with Gasteiger partial charge in [0.15, 0.2) is 0 Å². The molecule has 1 atom stereocenters. The lowest BCUT2D eigenvalue weighted by Gasteiger charge is -2.31. The molecule has 1 aromatic rings. The molecule has 20 heavy (non-hydrogen) atoms. The van der Waals surface area contributed by atoms with Gasteiger partial charge in [0.05, 0.1) is 28.9 Å². The zero-order valence-corrected chi connectivity index (χ0v) is 13.2. The first-order valence-electron chi connectivity index (χ1n) is 5.80. The summed E-state index contributed by atoms with van der Waals surface area (Å²) in [6.07, 6.45) is -0.963. The summed E-state index contributed by atoms with van der Waals surface area (Å²) in [6.45, 7) is 5.46. The monoisotopic (exact) mass is 319 g/mol. The summed E-state index contributed by atoms with van der Waals surface area (Å²) < 4.78 is 0. The molecular formula is C13H19Cl2N3O2. The van der Waals surface area contributed by atoms with Crippen molar-refractivity contribution in [1.29, 1.82) is 5.26 Å². The highest BCUT2D eigenvalue weighted by Gasteiger charge is 2.23. The van der Waals surface area contributed by atoms with Crippen molar-refractivity contribution in [3.8, 4) is 6.07 Å². The van der Waals surface area contributed by atoms with Gasteiger partial charge in [0.1, 0.15) is 6.07 Å². The van der Waals surface area contributed by atoms with Gasteiger partial charge in [-0.2, -0.15) is 10.3 Å². The molecule has 1 aromatic carbocycles. The number of nitriles is 1. The lowest BCUT2D eigenvalue weighted by molar-refractivity contribution is -0.172. The van der Waals surface area contributed by atoms with Gasteiger partial charge in [0.25, 0.3) is 0 Å². The lowest BCUT2D eigenvalue weighted by atomic mass is 10.0. The van der Waals surface area contributed by atoms with Crippen molar-refractivity contribution in [2.45, 2.75) is 32.4 Å². The second-order valence-electron chi connectivity index (χ2n) is 5.34. The molecule has 1 rings (SSSR count). The van der Waals surface area contributed by atoms with Gasteiger partial charge >= 0.3 is 0 Å². The summed E-state index contributed by atoms with van der Waals surface area (Å²) in [6, 6.07) is 4.89. The number of nitrogens with zero attached hydrogens (tertiary/aromatic N) is 2. The van der Waals surface area contributed by atoms with E-state index in [-0.39, 0.29) is 35.2 Å². The SMILES string of the molecule is CC(C)(C)N(O)CC(O)c1cc(Cl)c(N)c(C#N)c1.Cl. The Morgan fingerprint density at radius 3 is 2.45 bits per heavy atom. The Morgan fingerprint density at radius 1 is 1.45 bits per heavy atom. The van der Waals surface area contributed by atoms with Gasteiger partial charge in [-0.25, -0.2) is 0 Å². The molecule has 0 aromatic heterocycles. The zero-order chi connectivity index (χ0) is 14.8. The molecule has 0 aliphatic heterocycles. The van der Waals surface area contributed by atoms with E-state index in [0.717, 1.165) is 5.06 Å². The molecule has 0 spiro atoms. The van der Waals surface area contributed by atoms with E-state index in [2.05, 4.69) is 0 Å². The van der Waals surface area contributed by atoms with Gasteiger partial charge in [-0.3, -0.25) is 0 Å². The van der Waals surface area contributed by atoms with Crippen LogP contribution in [-0.2, 0) is 0 Å². The van der Waals surface area contributed by atoms with E-state index in [9.17, 15) is 10.3 Å². The van der Waals surface area contributed by atoms with E-state index < -0.39 is 11.6 Å². The lowest BCUT2D eigenvalue weighted by Crippen LogP contribution is -2.41. The number of aliphatic hydroxyl groups excluding tert-OH is 1. The van der Waals surface area contributed by atoms with Crippen LogP contribution in [0.1, 0.15) is 38.0 Å². The molecule has 0 aliphatic rings. The predicted octanol–water partition coefficient (Wildman–Crippen LogP) is 2.74. The second-order valence-corrected chi connectivity index (χ2v) is 5.75. The van der Waals surface area contributed by atoms with Crippen molar-refractivity contribution >= 4 is 29.7 Å². The van der Waals surface area contributed by atoms with E-state index in [1.807, 2.05) is 26.8 Å². The quantitative estimate of drug-likeness (QED) is 0.588. The van der Waals surface area contributed by atoms with Crippen LogP contribution in [0.25, 0.3) is 0 Å². The van der Waals surface area contributed by atoms with Crippen LogP contribution < -0.4 is 5.73 Å². The standard InChI is InChI=1S/C13H18ClN3O2.ClH/c1-13(2,3)17(19)7-11(18)8-4-9(6-15)12(16)10(14)5-8;/h4-5,11,18-19H,7,16H2,1-3H3;1H. The highest BCUT2D eigenvalue weighted by Crippen LogP contribution is 2.28. The van der Waals surface area contributed by atoms with Crippen molar-refractivity contribution in [1.82, 2.24) is 5.06 Å². The largest absolute Gasteiger partial charge is 0.396 e. The smallest absolute Gasteiger partial charge is 0.101 e. The fourth-order valence-electron chi connectivity index (χ4n) is 1.47. The van der Waals surface area contributed by atoms with Crippen LogP contribution in [0.15, 0.2) is 12.1 Å². The third kappa shape index (κ3) is 4.51. The van der Waals surface area contributed by atoms with Gasteiger partial charge in [0, 0.05) is 5.54 Å². The number of β-amino-alcohol motifs (C(OH)–C–C–N with tert-alkyl or cyclic N) is 1. The molecule has 5 nitrogen and oxygen atoms in total. The van der Waals surface area contributed by atoms with Gasteiger partial charge in [0.2, 0.25) is 0 Å². The average Bonchev–Trinajstić information content (AvgIpc) is 2.31. The fraction of sp³-hybridized carbons (Fsp3) is 0.462. The number of anilines is 1. The number of aliphatic hydroxyl groups is 1. The predicted molar refractivity (Wildman–Crippen MR) is 81.0 cm³/mol. The van der Waals surface area contributed by atoms with Crippen LogP contribution in [0.4, 0.5) is 5.69 Å². The van der Waals surface area contributed by atoms with Crippen LogP contribution in [-0.4, -0.2) is 27.5 Å². The number of hydrogen-bond donors (Lipinski definition) is 3. The number of nitrogen functional groups attached to an aromatic ring is 1. The maximum atomic E-state index is 10.1. The van der Waals surface area contributed by atoms with Crippen molar-refractivity contribution in [3.63, 3.8) is 0 Å². The summed E-state index contributed by atoms with van der Waals surface area (Å²) in [5.74, 6) is 0. The molecule has 0 heterocycles. The number of rotatable bonds is 3. The Kier molecular flexibility index (Phi) is 6.75. The first-order valence-corrected chi connectivity index (χ1v) is 6.18. The molecule has 0 aliphatic carbocycles. The van der Waals surface area contributed by atoms with Crippen LogP contribution in [0.2, 0.25) is 5.02 Å². The van der Waals surface area contributed by atoms with Crippen molar-refractivity contribution < 1.29 is 10.3 Å². The first-order chi connectivity index (χ1) is 8.66. The normalized spacial score (nSPS) is 12.7. The van der Waals surface area contributed by atoms with Crippen LogP contribution in [0, 0.1) is 11.3 Å². The van der Waals surface area contributed by atoms with Crippen LogP contribution >= 0.6 is 24.0 Å². The van der Waals surface area contributed by atoms with E-state index in [4.69, 9.17) is 22.6 Å². The van der Waals surface area contributed by atoms with Gasteiger partial charge in [-0.05, 0) is 38.5 Å². The molecule has 112 valence electrons. The number of halogens is 2. The first kappa shape index (κ1) is 19.0. The molecule has 1 unspecified atom stereocenters. The van der Waals surface area contributed by atoms with Crippen LogP contribution in [0.3, 0.4) is 0 Å². The maximum absolute atomic E-state index is 10.1. The number of hydroxylamine groups is 2. The highest BCUT2D eigenvalue weighted by atomic mass is 35.5. The molecule has 0 saturated heterocycles. The minimum Gasteiger partial charge on any atom is -0.396 e. The molecule has 0 fully saturated rings. The molecular weight excluding hydrogens is 301 g/mol. The van der Waals surface area contributed by atoms with E-state index in [1.54, 1.807) is 0 Å². The van der Waals surface area contributed by atoms with Crippen molar-refractivity contribution in [3.05, 3.63) is 28.3 Å². The summed E-state index contributed by atoms with van der Waals surface area (Å²) in [7, 11) is 0. The third-order valence-electron chi connectivity index (χ3n) is 2.78. The summed E-state index contributed by atoms with van der Waals surface area (Å²) in [4.78, 5) is 0. The average molecular weight is 320 g/mol. The molecule has 0 saturated carbocycles. The molecule has 0 radical (unpaired) electrons. The Bertz CT molecular complexity index is 510. The fourth-order valence-corrected chi connectivity index (χ4v) is 1.69. The number of benzene rings is 1. The van der Waals surface area contributed by atoms with Gasteiger partial charge in [-0.1, -0.05) is 11.6 Å². The second kappa shape index (κ2) is 7.11. The van der Waals surface area contributed by atoms with Crippen molar-refractivity contribution in [2.24, 2.45) is 0 Å². The van der Waals surface area contributed by atoms with E-state index >= 15 is 0 Å². The van der Waals surface area contributed by atoms with Crippen molar-refractivity contribution in [2.75, 3.05) is 12.3 Å². The minimum absolute atomic E-state index is 0. The van der Waals surface area contributed by atoms with Gasteiger partial charge in [-0.15, -0.1) is 12.4 Å². The zero-order valence-electron chi connectivity index (χ0n) is 11.6. The van der Waals surface area contributed by atoms with E-state index in [0.29, 0.717) is 5.56 Å². The topological polar surface area (TPSA) is 93.5 Å². The third-order valence-corrected chi connectivity index (χ3v) is 3.09. The number of hydrogen-bond acceptors (Lipinski definition) is 5. The summed E-state index contributed by atoms with van der Waals surface area (Å²) in [5, 5.41) is 30.1.